The molecule has 0 radical (unpaired) electrons. The summed E-state index contributed by atoms with van der Waals surface area (Å²) < 4.78 is 6.13. The van der Waals surface area contributed by atoms with Crippen LogP contribution in [0.25, 0.3) is 0 Å². The zero-order valence-corrected chi connectivity index (χ0v) is 14.1. The second-order valence-corrected chi connectivity index (χ2v) is 6.35. The van der Waals surface area contributed by atoms with Crippen LogP contribution in [0.1, 0.15) is 58.3 Å². The van der Waals surface area contributed by atoms with Crippen LogP contribution in [-0.2, 0) is 9.53 Å². The Labute approximate surface area is 135 Å². The topological polar surface area (TPSA) is 50.4 Å². The van der Waals surface area contributed by atoms with Gasteiger partial charge in [0.15, 0.2) is 0 Å². The highest BCUT2D eigenvalue weighted by atomic mass is 35.5. The smallest absolute Gasteiger partial charge is 0.224 e. The minimum Gasteiger partial charge on any atom is -0.373 e. The molecule has 1 amide bonds. The van der Waals surface area contributed by atoms with Gasteiger partial charge in [-0.3, -0.25) is 4.79 Å². The molecule has 0 aromatic carbocycles. The summed E-state index contributed by atoms with van der Waals surface area (Å²) in [6.45, 7) is 5.52. The highest BCUT2D eigenvalue weighted by Crippen LogP contribution is 2.31. The molecular weight excluding hydrogens is 288 g/mol. The van der Waals surface area contributed by atoms with E-state index in [1.165, 1.54) is 19.3 Å². The normalized spacial score (nSPS) is 24.9. The number of amides is 1. The van der Waals surface area contributed by atoms with E-state index in [1.807, 2.05) is 0 Å². The predicted molar refractivity (Wildman–Crippen MR) is 87.9 cm³/mol. The monoisotopic (exact) mass is 318 g/mol. The Kier molecular flexibility index (Phi) is 8.60. The van der Waals surface area contributed by atoms with Gasteiger partial charge in [-0.25, -0.2) is 0 Å². The summed E-state index contributed by atoms with van der Waals surface area (Å²) in [4.78, 5) is 12.3. The molecular formula is C16H31ClN2O2. The maximum atomic E-state index is 12.3. The van der Waals surface area contributed by atoms with Crippen LogP contribution in [0, 0.1) is 5.92 Å². The molecule has 0 aromatic heterocycles. The minimum atomic E-state index is -0.0913. The van der Waals surface area contributed by atoms with Crippen molar-refractivity contribution in [3.8, 4) is 0 Å². The predicted octanol–water partition coefficient (Wildman–Crippen LogP) is 2.65. The standard InChI is InChI=1S/C16H30N2O2.ClH/c1-2-11-20-16(8-4-3-5-9-16)13-18-15(19)14-7-6-10-17-12-14;/h14,17H,2-13H2,1H3,(H,18,19);1H. The van der Waals surface area contributed by atoms with Crippen molar-refractivity contribution in [3.05, 3.63) is 0 Å². The molecule has 2 N–H and O–H groups in total. The number of hydrogen-bond acceptors (Lipinski definition) is 3. The fourth-order valence-electron chi connectivity index (χ4n) is 3.35. The van der Waals surface area contributed by atoms with Gasteiger partial charge in [-0.2, -0.15) is 0 Å². The van der Waals surface area contributed by atoms with Crippen molar-refractivity contribution < 1.29 is 9.53 Å². The molecule has 1 aliphatic carbocycles. The number of rotatable bonds is 6. The number of nitrogens with one attached hydrogen (secondary N) is 2. The van der Waals surface area contributed by atoms with Crippen LogP contribution in [0.2, 0.25) is 0 Å². The van der Waals surface area contributed by atoms with Gasteiger partial charge in [-0.1, -0.05) is 26.2 Å². The summed E-state index contributed by atoms with van der Waals surface area (Å²) >= 11 is 0. The van der Waals surface area contributed by atoms with Crippen molar-refractivity contribution in [2.24, 2.45) is 5.92 Å². The summed E-state index contributed by atoms with van der Waals surface area (Å²) in [5.74, 6) is 0.359. The van der Waals surface area contributed by atoms with Gasteiger partial charge in [0.25, 0.3) is 0 Å². The number of carbonyl (C=O) groups excluding carboxylic acids is 1. The quantitative estimate of drug-likeness (QED) is 0.791. The second-order valence-electron chi connectivity index (χ2n) is 6.35. The van der Waals surface area contributed by atoms with Crippen LogP contribution in [0.3, 0.4) is 0 Å². The third-order valence-electron chi connectivity index (χ3n) is 4.63. The van der Waals surface area contributed by atoms with Gasteiger partial charge >= 0.3 is 0 Å². The first kappa shape index (κ1) is 18.7. The average Bonchev–Trinajstić information content (AvgIpc) is 2.52. The lowest BCUT2D eigenvalue weighted by Crippen LogP contribution is -2.49. The lowest BCUT2D eigenvalue weighted by atomic mass is 9.84. The van der Waals surface area contributed by atoms with Gasteiger partial charge in [-0.05, 0) is 38.6 Å². The zero-order chi connectivity index (χ0) is 14.3. The second kappa shape index (κ2) is 9.65. The van der Waals surface area contributed by atoms with E-state index >= 15 is 0 Å². The third kappa shape index (κ3) is 5.76. The summed E-state index contributed by atoms with van der Waals surface area (Å²) in [7, 11) is 0. The fraction of sp³-hybridized carbons (Fsp3) is 0.938. The number of carbonyl (C=O) groups is 1. The van der Waals surface area contributed by atoms with E-state index in [4.69, 9.17) is 4.74 Å². The lowest BCUT2D eigenvalue weighted by Gasteiger charge is -2.38. The van der Waals surface area contributed by atoms with Crippen molar-refractivity contribution in [1.82, 2.24) is 10.6 Å². The Hall–Kier alpha value is -0.320. The summed E-state index contributed by atoms with van der Waals surface area (Å²) in [6.07, 6.45) is 9.11. The minimum absolute atomic E-state index is 0. The Morgan fingerprint density at radius 2 is 2.05 bits per heavy atom. The van der Waals surface area contributed by atoms with Crippen molar-refractivity contribution in [3.63, 3.8) is 0 Å². The van der Waals surface area contributed by atoms with E-state index in [1.54, 1.807) is 0 Å². The Bertz CT molecular complexity index is 301. The van der Waals surface area contributed by atoms with Gasteiger partial charge in [-0.15, -0.1) is 12.4 Å². The molecule has 2 aliphatic rings. The number of piperidine rings is 1. The Morgan fingerprint density at radius 1 is 1.29 bits per heavy atom. The van der Waals surface area contributed by atoms with Crippen molar-refractivity contribution in [2.45, 2.75) is 63.9 Å². The molecule has 0 aromatic rings. The molecule has 5 heteroatoms. The number of halogens is 1. The maximum absolute atomic E-state index is 12.3. The molecule has 4 nitrogen and oxygen atoms in total. The molecule has 1 saturated carbocycles. The fourth-order valence-corrected chi connectivity index (χ4v) is 3.35. The average molecular weight is 319 g/mol. The number of ether oxygens (including phenoxy) is 1. The first-order valence-corrected chi connectivity index (χ1v) is 8.38. The van der Waals surface area contributed by atoms with Crippen LogP contribution in [0.4, 0.5) is 0 Å². The van der Waals surface area contributed by atoms with E-state index < -0.39 is 0 Å². The molecule has 0 spiro atoms. The Morgan fingerprint density at radius 3 is 2.67 bits per heavy atom. The highest BCUT2D eigenvalue weighted by Gasteiger charge is 2.34. The molecule has 0 bridgehead atoms. The highest BCUT2D eigenvalue weighted by molar-refractivity contribution is 5.85. The maximum Gasteiger partial charge on any atom is 0.224 e. The van der Waals surface area contributed by atoms with Gasteiger partial charge in [0.1, 0.15) is 0 Å². The van der Waals surface area contributed by atoms with E-state index in [9.17, 15) is 4.79 Å². The molecule has 1 saturated heterocycles. The van der Waals surface area contributed by atoms with Crippen LogP contribution in [0.5, 0.6) is 0 Å². The lowest BCUT2D eigenvalue weighted by molar-refractivity contribution is -0.128. The molecule has 1 atom stereocenters. The van der Waals surface area contributed by atoms with Crippen molar-refractivity contribution in [2.75, 3.05) is 26.2 Å². The molecule has 1 aliphatic heterocycles. The van der Waals surface area contributed by atoms with Crippen molar-refractivity contribution in [1.29, 1.82) is 0 Å². The van der Waals surface area contributed by atoms with Gasteiger partial charge in [0, 0.05) is 19.7 Å². The van der Waals surface area contributed by atoms with E-state index in [2.05, 4.69) is 17.6 Å². The molecule has 124 valence electrons. The van der Waals surface area contributed by atoms with E-state index in [0.717, 1.165) is 51.8 Å². The summed E-state index contributed by atoms with van der Waals surface area (Å²) in [6, 6.07) is 0. The number of hydrogen-bond donors (Lipinski definition) is 2. The summed E-state index contributed by atoms with van der Waals surface area (Å²) in [5.41, 5.74) is -0.0913. The van der Waals surface area contributed by atoms with E-state index in [0.29, 0.717) is 6.54 Å². The van der Waals surface area contributed by atoms with Crippen molar-refractivity contribution >= 4 is 18.3 Å². The molecule has 2 rings (SSSR count). The van der Waals surface area contributed by atoms with E-state index in [-0.39, 0.29) is 29.8 Å². The summed E-state index contributed by atoms with van der Waals surface area (Å²) in [5, 5.41) is 6.47. The first-order valence-electron chi connectivity index (χ1n) is 8.38. The van der Waals surface area contributed by atoms with Crippen LogP contribution >= 0.6 is 12.4 Å². The zero-order valence-electron chi connectivity index (χ0n) is 13.3. The Balaban J connectivity index is 0.00000220. The first-order chi connectivity index (χ1) is 9.76. The SMILES string of the molecule is CCCOC1(CNC(=O)C2CCCNC2)CCCCC1.Cl. The van der Waals surface area contributed by atoms with Crippen LogP contribution in [0.15, 0.2) is 0 Å². The largest absolute Gasteiger partial charge is 0.373 e. The van der Waals surface area contributed by atoms with Crippen LogP contribution in [-0.4, -0.2) is 37.7 Å². The van der Waals surface area contributed by atoms with Gasteiger partial charge in [0.2, 0.25) is 5.91 Å². The van der Waals surface area contributed by atoms with Gasteiger partial charge < -0.3 is 15.4 Å². The van der Waals surface area contributed by atoms with Crippen LogP contribution < -0.4 is 10.6 Å². The third-order valence-corrected chi connectivity index (χ3v) is 4.63. The molecule has 2 fully saturated rings. The van der Waals surface area contributed by atoms with Gasteiger partial charge in [0.05, 0.1) is 11.5 Å². The molecule has 21 heavy (non-hydrogen) atoms. The molecule has 1 unspecified atom stereocenters. The molecule has 1 heterocycles.